The first-order valence-corrected chi connectivity index (χ1v) is 8.56. The smallest absolute Gasteiger partial charge is 0.207 e. The molecule has 114 valence electrons. The van der Waals surface area contributed by atoms with Gasteiger partial charge < -0.3 is 0 Å². The summed E-state index contributed by atoms with van der Waals surface area (Å²) in [5, 5.41) is 0. The minimum atomic E-state index is -3.70. The fraction of sp³-hybridized carbons (Fsp3) is 0.571. The van der Waals surface area contributed by atoms with Crippen molar-refractivity contribution in [2.45, 2.75) is 38.5 Å². The molecule has 20 heavy (non-hydrogen) atoms. The molecule has 6 heteroatoms. The lowest BCUT2D eigenvalue weighted by Gasteiger charge is -2.23. The van der Waals surface area contributed by atoms with Crippen LogP contribution in [0.1, 0.15) is 31.9 Å². The third kappa shape index (κ3) is 3.71. The van der Waals surface area contributed by atoms with Gasteiger partial charge in [-0.2, -0.15) is 4.31 Å². The molecule has 0 spiro atoms. The first-order valence-electron chi connectivity index (χ1n) is 6.59. The Kier molecular flexibility index (Phi) is 5.98. The molecule has 0 aliphatic rings. The lowest BCUT2D eigenvalue weighted by molar-refractivity contribution is 0.380. The van der Waals surface area contributed by atoms with Crippen LogP contribution in [0.25, 0.3) is 0 Å². The Morgan fingerprint density at radius 3 is 2.40 bits per heavy atom. The van der Waals surface area contributed by atoms with Crippen molar-refractivity contribution in [3.63, 3.8) is 0 Å². The number of hydrogen-bond donors (Lipinski definition) is 0. The van der Waals surface area contributed by atoms with Gasteiger partial charge in [0.25, 0.3) is 0 Å². The predicted molar refractivity (Wildman–Crippen MR) is 80.0 cm³/mol. The molecule has 1 aromatic rings. The fourth-order valence-electron chi connectivity index (χ4n) is 2.00. The van der Waals surface area contributed by atoms with Gasteiger partial charge in [-0.15, -0.1) is 11.6 Å². The van der Waals surface area contributed by atoms with E-state index >= 15 is 0 Å². The molecule has 0 bridgehead atoms. The summed E-state index contributed by atoms with van der Waals surface area (Å²) in [5.41, 5.74) is 0.606. The van der Waals surface area contributed by atoms with Crippen molar-refractivity contribution in [3.05, 3.63) is 29.1 Å². The van der Waals surface area contributed by atoms with Crippen molar-refractivity contribution in [2.75, 3.05) is 13.1 Å². The second-order valence-electron chi connectivity index (χ2n) is 5.18. The number of nitrogens with zero attached hydrogens (tertiary/aromatic N) is 1. The highest BCUT2D eigenvalue weighted by Crippen LogP contribution is 2.25. The van der Waals surface area contributed by atoms with Gasteiger partial charge in [0.1, 0.15) is 5.82 Å². The first-order chi connectivity index (χ1) is 9.23. The standard InChI is InChI=1S/C14H21ClFNO2S/c1-5-17(9-10(2)3)20(18,19)14-7-12(8-15)6-13(16)11(14)4/h6-7,10H,5,8-9H2,1-4H3. The van der Waals surface area contributed by atoms with Gasteiger partial charge in [0.2, 0.25) is 10.0 Å². The summed E-state index contributed by atoms with van der Waals surface area (Å²) in [6.45, 7) is 7.90. The van der Waals surface area contributed by atoms with Crippen molar-refractivity contribution in [1.29, 1.82) is 0 Å². The van der Waals surface area contributed by atoms with Crippen LogP contribution in [0.15, 0.2) is 17.0 Å². The van der Waals surface area contributed by atoms with Gasteiger partial charge in [0.05, 0.1) is 4.90 Å². The molecule has 0 amide bonds. The minimum absolute atomic E-state index is 0.00986. The molecule has 0 heterocycles. The van der Waals surface area contributed by atoms with Crippen molar-refractivity contribution >= 4 is 21.6 Å². The van der Waals surface area contributed by atoms with Crippen LogP contribution in [0.4, 0.5) is 4.39 Å². The molecule has 0 unspecified atom stereocenters. The average Bonchev–Trinajstić information content (AvgIpc) is 2.38. The van der Waals surface area contributed by atoms with Crippen LogP contribution in [0.2, 0.25) is 0 Å². The van der Waals surface area contributed by atoms with Crippen molar-refractivity contribution in [2.24, 2.45) is 5.92 Å². The van der Waals surface area contributed by atoms with E-state index in [0.717, 1.165) is 0 Å². The summed E-state index contributed by atoms with van der Waals surface area (Å²) < 4.78 is 40.5. The van der Waals surface area contributed by atoms with E-state index in [-0.39, 0.29) is 22.3 Å². The maximum absolute atomic E-state index is 13.8. The Labute approximate surface area is 125 Å². The maximum atomic E-state index is 13.8. The topological polar surface area (TPSA) is 37.4 Å². The summed E-state index contributed by atoms with van der Waals surface area (Å²) in [5.74, 6) is -0.260. The third-order valence-corrected chi connectivity index (χ3v) is 5.43. The minimum Gasteiger partial charge on any atom is -0.207 e. The quantitative estimate of drug-likeness (QED) is 0.752. The van der Waals surface area contributed by atoms with Gasteiger partial charge in [-0.05, 0) is 30.5 Å². The van der Waals surface area contributed by atoms with E-state index in [0.29, 0.717) is 18.7 Å². The lowest BCUT2D eigenvalue weighted by atomic mass is 10.1. The Morgan fingerprint density at radius 2 is 1.95 bits per heavy atom. The maximum Gasteiger partial charge on any atom is 0.243 e. The van der Waals surface area contributed by atoms with Gasteiger partial charge in [0, 0.05) is 24.5 Å². The van der Waals surface area contributed by atoms with Crippen molar-refractivity contribution in [1.82, 2.24) is 4.31 Å². The Bertz CT molecular complexity index is 573. The van der Waals surface area contributed by atoms with Gasteiger partial charge in [-0.1, -0.05) is 20.8 Å². The van der Waals surface area contributed by atoms with Crippen LogP contribution in [-0.4, -0.2) is 25.8 Å². The summed E-state index contributed by atoms with van der Waals surface area (Å²) in [6, 6.07) is 2.74. The second-order valence-corrected chi connectivity index (χ2v) is 7.36. The van der Waals surface area contributed by atoms with E-state index in [4.69, 9.17) is 11.6 Å². The van der Waals surface area contributed by atoms with Gasteiger partial charge >= 0.3 is 0 Å². The highest BCUT2D eigenvalue weighted by molar-refractivity contribution is 7.89. The summed E-state index contributed by atoms with van der Waals surface area (Å²) in [7, 11) is -3.70. The normalized spacial score (nSPS) is 12.4. The molecule has 0 aromatic heterocycles. The van der Waals surface area contributed by atoms with E-state index in [2.05, 4.69) is 0 Å². The molecule has 0 saturated carbocycles. The highest BCUT2D eigenvalue weighted by Gasteiger charge is 2.27. The van der Waals surface area contributed by atoms with Crippen molar-refractivity contribution < 1.29 is 12.8 Å². The average molecular weight is 322 g/mol. The predicted octanol–water partition coefficient (Wildman–Crippen LogP) is 3.54. The molecular weight excluding hydrogens is 301 g/mol. The molecule has 1 rings (SSSR count). The van der Waals surface area contributed by atoms with E-state index < -0.39 is 15.8 Å². The van der Waals surface area contributed by atoms with Crippen LogP contribution in [0.3, 0.4) is 0 Å². The van der Waals surface area contributed by atoms with Gasteiger partial charge in [0.15, 0.2) is 0 Å². The van der Waals surface area contributed by atoms with Crippen LogP contribution in [-0.2, 0) is 15.9 Å². The number of hydrogen-bond acceptors (Lipinski definition) is 2. The zero-order valence-electron chi connectivity index (χ0n) is 12.3. The molecular formula is C14H21ClFNO2S. The Morgan fingerprint density at radius 1 is 1.35 bits per heavy atom. The zero-order chi connectivity index (χ0) is 15.5. The SMILES string of the molecule is CCN(CC(C)C)S(=O)(=O)c1cc(CCl)cc(F)c1C. The Hall–Kier alpha value is -0.650. The van der Waals surface area contributed by atoms with E-state index in [1.54, 1.807) is 6.92 Å². The molecule has 3 nitrogen and oxygen atoms in total. The van der Waals surface area contributed by atoms with Gasteiger partial charge in [-0.3, -0.25) is 0 Å². The van der Waals surface area contributed by atoms with E-state index in [1.807, 2.05) is 13.8 Å². The second kappa shape index (κ2) is 6.87. The number of rotatable bonds is 6. The Balaban J connectivity index is 3.37. The van der Waals surface area contributed by atoms with E-state index in [9.17, 15) is 12.8 Å². The molecule has 0 aliphatic heterocycles. The number of alkyl halides is 1. The zero-order valence-corrected chi connectivity index (χ0v) is 13.9. The highest BCUT2D eigenvalue weighted by atomic mass is 35.5. The molecule has 0 saturated heterocycles. The van der Waals surface area contributed by atoms with Crippen LogP contribution >= 0.6 is 11.6 Å². The first kappa shape index (κ1) is 17.4. The number of benzene rings is 1. The van der Waals surface area contributed by atoms with E-state index in [1.165, 1.54) is 23.4 Å². The lowest BCUT2D eigenvalue weighted by Crippen LogP contribution is -2.34. The number of halogens is 2. The molecule has 0 fully saturated rings. The molecule has 0 atom stereocenters. The fourth-order valence-corrected chi connectivity index (χ4v) is 4.05. The molecule has 1 aromatic carbocycles. The summed E-state index contributed by atoms with van der Waals surface area (Å²) >= 11 is 5.70. The summed E-state index contributed by atoms with van der Waals surface area (Å²) in [4.78, 5) is 0.00986. The van der Waals surface area contributed by atoms with Crippen LogP contribution in [0, 0.1) is 18.7 Å². The van der Waals surface area contributed by atoms with Gasteiger partial charge in [-0.25, -0.2) is 12.8 Å². The molecule has 0 aliphatic carbocycles. The summed E-state index contributed by atoms with van der Waals surface area (Å²) in [6.07, 6.45) is 0. The molecule has 0 radical (unpaired) electrons. The van der Waals surface area contributed by atoms with Crippen LogP contribution < -0.4 is 0 Å². The monoisotopic (exact) mass is 321 g/mol. The number of sulfonamides is 1. The molecule has 0 N–H and O–H groups in total. The van der Waals surface area contributed by atoms with Crippen LogP contribution in [0.5, 0.6) is 0 Å². The third-order valence-electron chi connectivity index (χ3n) is 3.05. The largest absolute Gasteiger partial charge is 0.243 e. The van der Waals surface area contributed by atoms with Crippen molar-refractivity contribution in [3.8, 4) is 0 Å².